The third-order valence-electron chi connectivity index (χ3n) is 3.65. The van der Waals surface area contributed by atoms with Gasteiger partial charge in [-0.3, -0.25) is 4.99 Å². The van der Waals surface area contributed by atoms with Gasteiger partial charge in [0.25, 0.3) is 0 Å². The summed E-state index contributed by atoms with van der Waals surface area (Å²) in [6.45, 7) is 4.52. The Balaban J connectivity index is 0.00000225. The van der Waals surface area contributed by atoms with Gasteiger partial charge in [0.15, 0.2) is 5.96 Å². The molecular weight excluding hydrogens is 445 g/mol. The number of rotatable bonds is 7. The number of H-pyrrole nitrogens is 1. The summed E-state index contributed by atoms with van der Waals surface area (Å²) in [6.07, 6.45) is 1.82. The van der Waals surface area contributed by atoms with Gasteiger partial charge in [-0.05, 0) is 30.5 Å². The highest BCUT2D eigenvalue weighted by Gasteiger charge is 2.03. The highest BCUT2D eigenvalue weighted by Crippen LogP contribution is 2.10. The van der Waals surface area contributed by atoms with E-state index in [4.69, 9.17) is 0 Å². The van der Waals surface area contributed by atoms with Crippen molar-refractivity contribution < 1.29 is 0 Å². The summed E-state index contributed by atoms with van der Waals surface area (Å²) in [4.78, 5) is 14.0. The molecule has 0 aliphatic heterocycles. The van der Waals surface area contributed by atoms with Crippen LogP contribution in [0.3, 0.4) is 0 Å². The zero-order valence-electron chi connectivity index (χ0n) is 14.3. The molecule has 0 aliphatic carbocycles. The van der Waals surface area contributed by atoms with Gasteiger partial charge in [-0.25, -0.2) is 4.98 Å². The lowest BCUT2D eigenvalue weighted by atomic mass is 10.3. The first-order valence-electron chi connectivity index (χ1n) is 8.33. The van der Waals surface area contributed by atoms with E-state index in [1.54, 1.807) is 11.3 Å². The van der Waals surface area contributed by atoms with Crippen LogP contribution in [0.15, 0.2) is 46.8 Å². The number of para-hydroxylation sites is 2. The van der Waals surface area contributed by atoms with E-state index < -0.39 is 0 Å². The lowest BCUT2D eigenvalue weighted by Crippen LogP contribution is -2.38. The second kappa shape index (κ2) is 10.4. The predicted molar refractivity (Wildman–Crippen MR) is 117 cm³/mol. The van der Waals surface area contributed by atoms with Gasteiger partial charge in [-0.1, -0.05) is 18.2 Å². The van der Waals surface area contributed by atoms with Crippen molar-refractivity contribution >= 4 is 52.3 Å². The molecule has 3 rings (SSSR count). The SMILES string of the molecule is CCNC(=NCCc1cccs1)NCCc1nc2ccccc2[nH]1.I. The Morgan fingerprint density at radius 1 is 1.16 bits per heavy atom. The first kappa shape index (κ1) is 19.7. The van der Waals surface area contributed by atoms with Crippen molar-refractivity contribution in [2.24, 2.45) is 4.99 Å². The summed E-state index contributed by atoms with van der Waals surface area (Å²) in [7, 11) is 0. The summed E-state index contributed by atoms with van der Waals surface area (Å²) < 4.78 is 0. The summed E-state index contributed by atoms with van der Waals surface area (Å²) in [5.74, 6) is 1.86. The van der Waals surface area contributed by atoms with Crippen LogP contribution in [-0.4, -0.2) is 35.6 Å². The molecule has 25 heavy (non-hydrogen) atoms. The molecule has 0 radical (unpaired) electrons. The number of halogens is 1. The molecule has 0 fully saturated rings. The van der Waals surface area contributed by atoms with E-state index >= 15 is 0 Å². The molecule has 0 bridgehead atoms. The van der Waals surface area contributed by atoms with Gasteiger partial charge < -0.3 is 15.6 Å². The maximum Gasteiger partial charge on any atom is 0.191 e. The summed E-state index contributed by atoms with van der Waals surface area (Å²) in [5, 5.41) is 8.77. The number of imidazole rings is 1. The molecule has 2 heterocycles. The Hall–Kier alpha value is -1.61. The van der Waals surface area contributed by atoms with Gasteiger partial charge in [0.2, 0.25) is 0 Å². The normalized spacial score (nSPS) is 11.3. The maximum atomic E-state index is 4.63. The first-order valence-corrected chi connectivity index (χ1v) is 9.21. The van der Waals surface area contributed by atoms with Gasteiger partial charge in [0.05, 0.1) is 11.0 Å². The number of aromatic amines is 1. The van der Waals surface area contributed by atoms with Crippen molar-refractivity contribution in [3.05, 3.63) is 52.5 Å². The molecule has 0 saturated heterocycles. The van der Waals surface area contributed by atoms with Crippen molar-refractivity contribution in [1.82, 2.24) is 20.6 Å². The van der Waals surface area contributed by atoms with E-state index in [2.05, 4.69) is 56.1 Å². The topological polar surface area (TPSA) is 65.1 Å². The number of hydrogen-bond acceptors (Lipinski definition) is 3. The van der Waals surface area contributed by atoms with E-state index in [9.17, 15) is 0 Å². The number of aromatic nitrogens is 2. The maximum absolute atomic E-state index is 4.63. The van der Waals surface area contributed by atoms with Crippen LogP contribution in [0, 0.1) is 0 Å². The molecule has 134 valence electrons. The first-order chi connectivity index (χ1) is 11.8. The number of thiophene rings is 1. The van der Waals surface area contributed by atoms with Gasteiger partial charge in [-0.2, -0.15) is 0 Å². The molecule has 0 aliphatic rings. The molecule has 3 N–H and O–H groups in total. The second-order valence-electron chi connectivity index (χ2n) is 5.47. The van der Waals surface area contributed by atoms with Crippen molar-refractivity contribution in [2.45, 2.75) is 19.8 Å². The van der Waals surface area contributed by atoms with Crippen molar-refractivity contribution in [1.29, 1.82) is 0 Å². The summed E-state index contributed by atoms with van der Waals surface area (Å²) in [6, 6.07) is 12.3. The van der Waals surface area contributed by atoms with Crippen LogP contribution in [0.25, 0.3) is 11.0 Å². The minimum absolute atomic E-state index is 0. The average Bonchev–Trinajstić information content (AvgIpc) is 3.23. The Kier molecular flexibility index (Phi) is 8.20. The Labute approximate surface area is 169 Å². The van der Waals surface area contributed by atoms with Gasteiger partial charge in [0.1, 0.15) is 5.82 Å². The molecule has 0 spiro atoms. The minimum atomic E-state index is 0. The summed E-state index contributed by atoms with van der Waals surface area (Å²) in [5.41, 5.74) is 2.10. The quantitative estimate of drug-likeness (QED) is 0.282. The van der Waals surface area contributed by atoms with Crippen LogP contribution in [0.5, 0.6) is 0 Å². The van der Waals surface area contributed by atoms with Crippen molar-refractivity contribution in [3.63, 3.8) is 0 Å². The molecule has 0 amide bonds. The van der Waals surface area contributed by atoms with Crippen LogP contribution in [-0.2, 0) is 12.8 Å². The molecule has 2 aromatic heterocycles. The van der Waals surface area contributed by atoms with E-state index in [1.807, 2.05) is 18.2 Å². The van der Waals surface area contributed by atoms with E-state index in [0.29, 0.717) is 0 Å². The molecule has 7 heteroatoms. The third-order valence-corrected chi connectivity index (χ3v) is 4.58. The lowest BCUT2D eigenvalue weighted by Gasteiger charge is -2.10. The fourth-order valence-electron chi connectivity index (χ4n) is 2.50. The van der Waals surface area contributed by atoms with E-state index in [-0.39, 0.29) is 24.0 Å². The molecule has 5 nitrogen and oxygen atoms in total. The van der Waals surface area contributed by atoms with E-state index in [0.717, 1.165) is 55.3 Å². The number of aliphatic imine (C=N–C) groups is 1. The fourth-order valence-corrected chi connectivity index (χ4v) is 3.20. The number of benzene rings is 1. The zero-order valence-corrected chi connectivity index (χ0v) is 17.4. The second-order valence-corrected chi connectivity index (χ2v) is 6.50. The monoisotopic (exact) mass is 469 g/mol. The van der Waals surface area contributed by atoms with E-state index in [1.165, 1.54) is 4.88 Å². The zero-order chi connectivity index (χ0) is 16.6. The van der Waals surface area contributed by atoms with Gasteiger partial charge in [0, 0.05) is 37.4 Å². The van der Waals surface area contributed by atoms with Crippen molar-refractivity contribution in [3.8, 4) is 0 Å². The molecule has 0 unspecified atom stereocenters. The molecule has 0 saturated carbocycles. The summed E-state index contributed by atoms with van der Waals surface area (Å²) >= 11 is 1.78. The molecule has 3 aromatic rings. The minimum Gasteiger partial charge on any atom is -0.357 e. The van der Waals surface area contributed by atoms with Crippen LogP contribution in [0.4, 0.5) is 0 Å². The average molecular weight is 469 g/mol. The number of nitrogens with zero attached hydrogens (tertiary/aromatic N) is 2. The van der Waals surface area contributed by atoms with Crippen molar-refractivity contribution in [2.75, 3.05) is 19.6 Å². The van der Waals surface area contributed by atoms with Crippen LogP contribution in [0.1, 0.15) is 17.6 Å². The largest absolute Gasteiger partial charge is 0.357 e. The fraction of sp³-hybridized carbons (Fsp3) is 0.333. The van der Waals surface area contributed by atoms with Crippen LogP contribution in [0.2, 0.25) is 0 Å². The van der Waals surface area contributed by atoms with Gasteiger partial charge >= 0.3 is 0 Å². The van der Waals surface area contributed by atoms with Gasteiger partial charge in [-0.15, -0.1) is 35.3 Å². The lowest BCUT2D eigenvalue weighted by molar-refractivity contribution is 0.779. The van der Waals surface area contributed by atoms with Crippen LogP contribution < -0.4 is 10.6 Å². The highest BCUT2D eigenvalue weighted by atomic mass is 127. The molecule has 1 aromatic carbocycles. The predicted octanol–water partition coefficient (Wildman–Crippen LogP) is 3.58. The standard InChI is InChI=1S/C18H23N5S.HI/c1-2-19-18(20-11-9-14-6-5-13-24-14)21-12-10-17-22-15-7-3-4-8-16(15)23-17;/h3-8,13H,2,9-12H2,1H3,(H,22,23)(H2,19,20,21);1H. The van der Waals surface area contributed by atoms with Crippen LogP contribution >= 0.6 is 35.3 Å². The Morgan fingerprint density at radius 3 is 2.80 bits per heavy atom. The Morgan fingerprint density at radius 2 is 2.04 bits per heavy atom. The Bertz CT molecular complexity index is 749. The number of fused-ring (bicyclic) bond motifs is 1. The highest BCUT2D eigenvalue weighted by molar-refractivity contribution is 14.0. The number of guanidine groups is 1. The molecular formula is C18H24IN5S. The third kappa shape index (κ3) is 6.00. The smallest absolute Gasteiger partial charge is 0.191 e. The number of hydrogen-bond donors (Lipinski definition) is 3. The number of nitrogens with one attached hydrogen (secondary N) is 3. The molecule has 0 atom stereocenters.